The van der Waals surface area contributed by atoms with Gasteiger partial charge < -0.3 is 15.5 Å². The van der Waals surface area contributed by atoms with Gasteiger partial charge in [-0.3, -0.25) is 24.0 Å². The molecule has 0 aliphatic rings. The lowest BCUT2D eigenvalue weighted by molar-refractivity contribution is -0.135. The number of rotatable bonds is 18. The highest BCUT2D eigenvalue weighted by Gasteiger charge is 2.22. The van der Waals surface area contributed by atoms with E-state index in [2.05, 4.69) is 24.5 Å². The molecule has 2 N–H and O–H groups in total. The average molecular weight is 532 g/mol. The summed E-state index contributed by atoms with van der Waals surface area (Å²) in [5.41, 5.74) is 0. The van der Waals surface area contributed by atoms with Crippen molar-refractivity contribution < 1.29 is 24.0 Å². The van der Waals surface area contributed by atoms with Crippen LogP contribution in [0.25, 0.3) is 0 Å². The fraction of sp³-hybridized carbons (Fsp3) is 0.800. The molecule has 202 valence electrons. The van der Waals surface area contributed by atoms with Crippen molar-refractivity contribution in [1.29, 1.82) is 0 Å². The standard InChI is InChI=1S/C25H45N3O5S2/c1-17(2)23(32)19(5)27-21(30)16-28(8)22(31)11-9-10-20(29)12-13-25(6,7)35-34-15-14-26-24(33)18(3)4/h17-19H,9-16H2,1-8H3,(H,26,33)(H,27,30)/t19-/m0/s1. The second-order valence-electron chi connectivity index (χ2n) is 10.1. The molecule has 35 heavy (non-hydrogen) atoms. The number of likely N-dealkylation sites (N-methyl/N-ethyl adjacent to an activating group) is 1. The normalized spacial score (nSPS) is 12.4. The number of carbonyl (C=O) groups excluding carboxylic acids is 5. The van der Waals surface area contributed by atoms with Crippen molar-refractivity contribution in [3.63, 3.8) is 0 Å². The summed E-state index contributed by atoms with van der Waals surface area (Å²) in [5, 5.41) is 5.52. The van der Waals surface area contributed by atoms with E-state index in [1.165, 1.54) is 4.90 Å². The molecule has 0 aromatic heterocycles. The van der Waals surface area contributed by atoms with Crippen LogP contribution in [0.4, 0.5) is 0 Å². The molecule has 0 saturated heterocycles. The van der Waals surface area contributed by atoms with Gasteiger partial charge in [-0.25, -0.2) is 0 Å². The van der Waals surface area contributed by atoms with Crippen LogP contribution >= 0.6 is 21.6 Å². The molecule has 0 heterocycles. The Kier molecular flexibility index (Phi) is 16.2. The van der Waals surface area contributed by atoms with E-state index in [1.807, 2.05) is 13.8 Å². The monoisotopic (exact) mass is 531 g/mol. The third-order valence-corrected chi connectivity index (χ3v) is 8.68. The first-order valence-electron chi connectivity index (χ1n) is 12.3. The maximum atomic E-state index is 12.3. The van der Waals surface area contributed by atoms with E-state index < -0.39 is 6.04 Å². The molecule has 0 aromatic carbocycles. The van der Waals surface area contributed by atoms with Gasteiger partial charge in [0.1, 0.15) is 5.78 Å². The van der Waals surface area contributed by atoms with Crippen LogP contribution in [0.5, 0.6) is 0 Å². The Hall–Kier alpha value is -1.55. The lowest BCUT2D eigenvalue weighted by Gasteiger charge is -2.23. The number of nitrogens with one attached hydrogen (secondary N) is 2. The number of amides is 3. The minimum Gasteiger partial charge on any atom is -0.355 e. The second kappa shape index (κ2) is 17.0. The van der Waals surface area contributed by atoms with Crippen LogP contribution in [0, 0.1) is 11.8 Å². The van der Waals surface area contributed by atoms with E-state index in [0.29, 0.717) is 25.8 Å². The van der Waals surface area contributed by atoms with Crippen molar-refractivity contribution in [2.45, 2.75) is 91.4 Å². The van der Waals surface area contributed by atoms with Crippen LogP contribution in [-0.4, -0.2) is 70.9 Å². The van der Waals surface area contributed by atoms with E-state index in [0.717, 1.165) is 12.2 Å². The van der Waals surface area contributed by atoms with E-state index in [4.69, 9.17) is 0 Å². The first-order chi connectivity index (χ1) is 16.2. The molecule has 0 fully saturated rings. The molecule has 0 spiro atoms. The zero-order valence-electron chi connectivity index (χ0n) is 22.7. The predicted molar refractivity (Wildman–Crippen MR) is 145 cm³/mol. The van der Waals surface area contributed by atoms with Crippen molar-refractivity contribution in [1.82, 2.24) is 15.5 Å². The van der Waals surface area contributed by atoms with Crippen LogP contribution in [0.1, 0.15) is 80.6 Å². The summed E-state index contributed by atoms with van der Waals surface area (Å²) in [7, 11) is 4.96. The Morgan fingerprint density at radius 3 is 2.11 bits per heavy atom. The number of hydrogen-bond acceptors (Lipinski definition) is 7. The summed E-state index contributed by atoms with van der Waals surface area (Å²) in [6.45, 7) is 13.6. The van der Waals surface area contributed by atoms with Crippen molar-refractivity contribution in [3.8, 4) is 0 Å². The van der Waals surface area contributed by atoms with E-state index in [-0.39, 0.29) is 58.8 Å². The molecule has 0 bridgehead atoms. The lowest BCUT2D eigenvalue weighted by Crippen LogP contribution is -2.45. The molecule has 0 aromatic rings. The Labute approximate surface area is 219 Å². The summed E-state index contributed by atoms with van der Waals surface area (Å²) in [5.74, 6) is 0.172. The van der Waals surface area contributed by atoms with E-state index >= 15 is 0 Å². The van der Waals surface area contributed by atoms with Gasteiger partial charge in [-0.05, 0) is 33.6 Å². The van der Waals surface area contributed by atoms with Gasteiger partial charge in [0.25, 0.3) is 0 Å². The molecule has 0 unspecified atom stereocenters. The highest BCUT2D eigenvalue weighted by atomic mass is 33.1. The van der Waals surface area contributed by atoms with E-state index in [9.17, 15) is 24.0 Å². The minimum absolute atomic E-state index is 0.0133. The van der Waals surface area contributed by atoms with Crippen LogP contribution in [0.3, 0.4) is 0 Å². The molecule has 0 aliphatic heterocycles. The van der Waals surface area contributed by atoms with Crippen LogP contribution in [0.2, 0.25) is 0 Å². The number of ketones is 2. The summed E-state index contributed by atoms with van der Waals surface area (Å²) in [6, 6.07) is -0.588. The zero-order chi connectivity index (χ0) is 27.2. The molecule has 0 saturated carbocycles. The molecular formula is C25H45N3O5S2. The van der Waals surface area contributed by atoms with Crippen molar-refractivity contribution in [2.24, 2.45) is 11.8 Å². The van der Waals surface area contributed by atoms with Gasteiger partial charge >= 0.3 is 0 Å². The molecule has 3 amide bonds. The number of nitrogens with zero attached hydrogens (tertiary/aromatic N) is 1. The van der Waals surface area contributed by atoms with Gasteiger partial charge in [0, 0.05) is 55.2 Å². The third-order valence-electron chi connectivity index (χ3n) is 5.33. The van der Waals surface area contributed by atoms with Crippen molar-refractivity contribution in [2.75, 3.05) is 25.9 Å². The maximum absolute atomic E-state index is 12.3. The SMILES string of the molecule is CC(C)C(=O)NCCSSC(C)(C)CCC(=O)CCCC(=O)N(C)CC(=O)N[C@@H](C)C(=O)C(C)C. The maximum Gasteiger partial charge on any atom is 0.240 e. The summed E-state index contributed by atoms with van der Waals surface area (Å²) < 4.78 is -0.0696. The molecule has 8 nitrogen and oxygen atoms in total. The summed E-state index contributed by atoms with van der Waals surface area (Å²) >= 11 is 0. The molecule has 0 rings (SSSR count). The summed E-state index contributed by atoms with van der Waals surface area (Å²) in [6.07, 6.45) is 2.18. The van der Waals surface area contributed by atoms with Crippen LogP contribution in [0.15, 0.2) is 0 Å². The molecule has 0 aliphatic carbocycles. The van der Waals surface area contributed by atoms with E-state index in [1.54, 1.807) is 49.4 Å². The van der Waals surface area contributed by atoms with Gasteiger partial charge in [-0.2, -0.15) is 0 Å². The first-order valence-corrected chi connectivity index (χ1v) is 14.6. The van der Waals surface area contributed by atoms with Crippen molar-refractivity contribution in [3.05, 3.63) is 0 Å². The number of carbonyl (C=O) groups is 5. The van der Waals surface area contributed by atoms with Gasteiger partial charge in [-0.15, -0.1) is 0 Å². The first kappa shape index (κ1) is 33.4. The number of hydrogen-bond donors (Lipinski definition) is 2. The fourth-order valence-corrected chi connectivity index (χ4v) is 5.50. The van der Waals surface area contributed by atoms with Crippen LogP contribution < -0.4 is 10.6 Å². The second-order valence-corrected chi connectivity index (χ2v) is 13.2. The largest absolute Gasteiger partial charge is 0.355 e. The Bertz CT molecular complexity index is 726. The summed E-state index contributed by atoms with van der Waals surface area (Å²) in [4.78, 5) is 61.5. The Balaban J connectivity index is 4.12. The molecule has 0 radical (unpaired) electrons. The quantitative estimate of drug-likeness (QED) is 0.205. The minimum atomic E-state index is -0.588. The predicted octanol–water partition coefficient (Wildman–Crippen LogP) is 3.63. The smallest absolute Gasteiger partial charge is 0.240 e. The van der Waals surface area contributed by atoms with Gasteiger partial charge in [0.15, 0.2) is 5.78 Å². The lowest BCUT2D eigenvalue weighted by atomic mass is 10.0. The van der Waals surface area contributed by atoms with Gasteiger partial charge in [0.05, 0.1) is 12.6 Å². The topological polar surface area (TPSA) is 113 Å². The Morgan fingerprint density at radius 2 is 1.54 bits per heavy atom. The van der Waals surface area contributed by atoms with Gasteiger partial charge in [0.2, 0.25) is 17.7 Å². The highest BCUT2D eigenvalue weighted by molar-refractivity contribution is 8.77. The molecular weight excluding hydrogens is 486 g/mol. The molecule has 10 heteroatoms. The van der Waals surface area contributed by atoms with Crippen LogP contribution in [-0.2, 0) is 24.0 Å². The molecule has 1 atom stereocenters. The third kappa shape index (κ3) is 15.9. The van der Waals surface area contributed by atoms with Gasteiger partial charge in [-0.1, -0.05) is 49.3 Å². The highest BCUT2D eigenvalue weighted by Crippen LogP contribution is 2.38. The Morgan fingerprint density at radius 1 is 0.914 bits per heavy atom. The number of Topliss-reactive ketones (excluding diaryl/α,β-unsaturated/α-hetero) is 2. The fourth-order valence-electron chi connectivity index (χ4n) is 3.02. The van der Waals surface area contributed by atoms with Crippen molar-refractivity contribution >= 4 is 50.9 Å². The zero-order valence-corrected chi connectivity index (χ0v) is 24.3. The average Bonchev–Trinajstić information content (AvgIpc) is 2.76.